The number of piperidine rings is 1. The van der Waals surface area contributed by atoms with Gasteiger partial charge in [-0.2, -0.15) is 5.10 Å². The zero-order valence-corrected chi connectivity index (χ0v) is 23.3. The first-order chi connectivity index (χ1) is 18.6. The van der Waals surface area contributed by atoms with Gasteiger partial charge in [-0.1, -0.05) is 23.2 Å². The Morgan fingerprint density at radius 3 is 2.38 bits per heavy atom. The molecule has 2 aliphatic heterocycles. The standard InChI is InChI=1S/C25H26Cl2N8O3S/c1-39(36,37)35-6-4-25(5-7-35)13-34(14-25)24-30-9-15(10-31-24)22-17-8-16(2-3-20(17)32-33-22)38-23(28)21-18(26)11-29-12-19(21)27/h2-3,8-12,23H,4-7,13-14,28H2,1H3,(H,32,33)/t23-/m0/s1. The summed E-state index contributed by atoms with van der Waals surface area (Å²) in [5.41, 5.74) is 9.08. The van der Waals surface area contributed by atoms with Gasteiger partial charge in [0.1, 0.15) is 11.4 Å². The largest absolute Gasteiger partial charge is 0.471 e. The second-order valence-electron chi connectivity index (χ2n) is 10.1. The molecule has 0 unspecified atom stereocenters. The van der Waals surface area contributed by atoms with Gasteiger partial charge in [0.25, 0.3) is 0 Å². The van der Waals surface area contributed by atoms with Gasteiger partial charge in [0.15, 0.2) is 6.23 Å². The van der Waals surface area contributed by atoms with Gasteiger partial charge in [0.2, 0.25) is 16.0 Å². The third kappa shape index (κ3) is 5.03. The number of nitrogens with zero attached hydrogens (tertiary/aromatic N) is 6. The van der Waals surface area contributed by atoms with Crippen LogP contribution in [0.25, 0.3) is 22.2 Å². The van der Waals surface area contributed by atoms with Gasteiger partial charge in [-0.15, -0.1) is 0 Å². The van der Waals surface area contributed by atoms with Crippen LogP contribution in [0.4, 0.5) is 5.95 Å². The highest BCUT2D eigenvalue weighted by Gasteiger charge is 2.46. The normalized spacial score (nSPS) is 18.3. The minimum Gasteiger partial charge on any atom is -0.471 e. The lowest BCUT2D eigenvalue weighted by atomic mass is 9.72. The quantitative estimate of drug-likeness (QED) is 0.323. The SMILES string of the molecule is CS(=O)(=O)N1CCC2(CC1)CN(c1ncc(-c3n[nH]c4ccc(O[C@H](N)c5c(Cl)cncc5Cl)cc34)cn1)C2. The number of halogens is 2. The van der Waals surface area contributed by atoms with Crippen molar-refractivity contribution in [3.63, 3.8) is 0 Å². The molecule has 2 aliphatic rings. The Morgan fingerprint density at radius 2 is 1.74 bits per heavy atom. The molecule has 6 rings (SSSR count). The highest BCUT2D eigenvalue weighted by Crippen LogP contribution is 2.42. The summed E-state index contributed by atoms with van der Waals surface area (Å²) in [6.45, 7) is 2.78. The lowest BCUT2D eigenvalue weighted by molar-refractivity contribution is 0.113. The number of ether oxygens (including phenoxy) is 1. The predicted molar refractivity (Wildman–Crippen MR) is 149 cm³/mol. The van der Waals surface area contributed by atoms with Crippen LogP contribution in [-0.2, 0) is 10.0 Å². The van der Waals surface area contributed by atoms with Gasteiger partial charge < -0.3 is 9.64 Å². The molecule has 0 bridgehead atoms. The molecule has 1 spiro atoms. The summed E-state index contributed by atoms with van der Waals surface area (Å²) in [5, 5.41) is 8.97. The van der Waals surface area contributed by atoms with Crippen LogP contribution >= 0.6 is 23.2 Å². The number of benzene rings is 1. The molecule has 204 valence electrons. The van der Waals surface area contributed by atoms with Crippen molar-refractivity contribution in [3.05, 3.63) is 58.6 Å². The van der Waals surface area contributed by atoms with E-state index in [-0.39, 0.29) is 5.41 Å². The van der Waals surface area contributed by atoms with Crippen LogP contribution in [0.1, 0.15) is 24.6 Å². The number of H-pyrrole nitrogens is 1. The number of fused-ring (bicyclic) bond motifs is 1. The van der Waals surface area contributed by atoms with E-state index in [1.165, 1.54) is 18.6 Å². The molecule has 3 aromatic heterocycles. The van der Waals surface area contributed by atoms with E-state index < -0.39 is 16.3 Å². The van der Waals surface area contributed by atoms with Crippen LogP contribution < -0.4 is 15.4 Å². The number of sulfonamides is 1. The van der Waals surface area contributed by atoms with E-state index in [9.17, 15) is 8.42 Å². The predicted octanol–water partition coefficient (Wildman–Crippen LogP) is 3.62. The van der Waals surface area contributed by atoms with Gasteiger partial charge in [0.05, 0.1) is 21.8 Å². The Morgan fingerprint density at radius 1 is 1.08 bits per heavy atom. The third-order valence-corrected chi connectivity index (χ3v) is 9.38. The molecule has 1 aromatic carbocycles. The average molecular weight is 590 g/mol. The number of aromatic amines is 1. The van der Waals surface area contributed by atoms with E-state index >= 15 is 0 Å². The number of hydrogen-bond donors (Lipinski definition) is 2. The van der Waals surface area contributed by atoms with Crippen molar-refractivity contribution in [2.45, 2.75) is 19.1 Å². The first kappa shape index (κ1) is 26.2. The molecular formula is C25H26Cl2N8O3S. The molecule has 0 aliphatic carbocycles. The van der Waals surface area contributed by atoms with Crippen molar-refractivity contribution >= 4 is 50.1 Å². The number of pyridine rings is 1. The van der Waals surface area contributed by atoms with Crippen molar-refractivity contribution in [2.75, 3.05) is 37.3 Å². The van der Waals surface area contributed by atoms with E-state index in [1.54, 1.807) is 22.8 Å². The summed E-state index contributed by atoms with van der Waals surface area (Å²) < 4.78 is 31.1. The maximum atomic E-state index is 11.8. The number of rotatable bonds is 6. The van der Waals surface area contributed by atoms with Crippen LogP contribution in [0.5, 0.6) is 5.75 Å². The molecule has 5 heterocycles. The number of anilines is 1. The van der Waals surface area contributed by atoms with Crippen molar-refractivity contribution < 1.29 is 13.2 Å². The second-order valence-corrected chi connectivity index (χ2v) is 12.9. The summed E-state index contributed by atoms with van der Waals surface area (Å²) >= 11 is 12.4. The number of aromatic nitrogens is 5. The van der Waals surface area contributed by atoms with E-state index in [0.29, 0.717) is 46.1 Å². The lowest BCUT2D eigenvalue weighted by Crippen LogP contribution is -2.61. The van der Waals surface area contributed by atoms with Crippen LogP contribution in [0.3, 0.4) is 0 Å². The van der Waals surface area contributed by atoms with Crippen molar-refractivity contribution in [3.8, 4) is 17.0 Å². The average Bonchev–Trinajstić information content (AvgIpc) is 3.30. The topological polar surface area (TPSA) is 143 Å². The van der Waals surface area contributed by atoms with Crippen LogP contribution in [0.2, 0.25) is 10.0 Å². The van der Waals surface area contributed by atoms with Crippen LogP contribution in [0, 0.1) is 5.41 Å². The monoisotopic (exact) mass is 588 g/mol. The number of nitrogens with two attached hydrogens (primary N) is 1. The fraction of sp³-hybridized carbons (Fsp3) is 0.360. The molecule has 39 heavy (non-hydrogen) atoms. The second kappa shape index (κ2) is 9.86. The molecule has 2 saturated heterocycles. The molecule has 1 atom stereocenters. The fourth-order valence-corrected chi connectivity index (χ4v) is 6.73. The first-order valence-corrected chi connectivity index (χ1v) is 14.9. The van der Waals surface area contributed by atoms with E-state index in [4.69, 9.17) is 33.7 Å². The van der Waals surface area contributed by atoms with Crippen molar-refractivity contribution in [1.29, 1.82) is 0 Å². The van der Waals surface area contributed by atoms with E-state index in [2.05, 4.69) is 30.0 Å². The first-order valence-electron chi connectivity index (χ1n) is 12.3. The molecule has 4 aromatic rings. The summed E-state index contributed by atoms with van der Waals surface area (Å²) in [5.74, 6) is 1.17. The Kier molecular flexibility index (Phi) is 6.63. The Bertz CT molecular complexity index is 1610. The fourth-order valence-electron chi connectivity index (χ4n) is 5.31. The molecule has 11 nitrogen and oxygen atoms in total. The summed E-state index contributed by atoms with van der Waals surface area (Å²) in [4.78, 5) is 15.3. The zero-order valence-electron chi connectivity index (χ0n) is 21.0. The summed E-state index contributed by atoms with van der Waals surface area (Å²) in [6, 6.07) is 5.48. The number of nitrogens with one attached hydrogen (secondary N) is 1. The summed E-state index contributed by atoms with van der Waals surface area (Å²) in [7, 11) is -3.13. The van der Waals surface area contributed by atoms with Gasteiger partial charge in [-0.25, -0.2) is 22.7 Å². The van der Waals surface area contributed by atoms with Gasteiger partial charge in [-0.3, -0.25) is 15.8 Å². The molecule has 2 fully saturated rings. The van der Waals surface area contributed by atoms with Crippen LogP contribution in [-0.4, -0.2) is 70.3 Å². The smallest absolute Gasteiger partial charge is 0.225 e. The Hall–Kier alpha value is -3.03. The lowest BCUT2D eigenvalue weighted by Gasteiger charge is -2.53. The molecule has 0 radical (unpaired) electrons. The van der Waals surface area contributed by atoms with Gasteiger partial charge >= 0.3 is 0 Å². The third-order valence-electron chi connectivity index (χ3n) is 7.47. The molecule has 0 amide bonds. The van der Waals surface area contributed by atoms with Crippen molar-refractivity contribution in [2.24, 2.45) is 11.1 Å². The highest BCUT2D eigenvalue weighted by molar-refractivity contribution is 7.88. The molecule has 14 heteroatoms. The number of hydrogen-bond acceptors (Lipinski definition) is 9. The Labute approximate surface area is 235 Å². The minimum absolute atomic E-state index is 0.129. The molecular weight excluding hydrogens is 563 g/mol. The van der Waals surface area contributed by atoms with Gasteiger partial charge in [-0.05, 0) is 31.0 Å². The van der Waals surface area contributed by atoms with E-state index in [0.717, 1.165) is 42.4 Å². The summed E-state index contributed by atoms with van der Waals surface area (Å²) in [6.07, 6.45) is 8.53. The van der Waals surface area contributed by atoms with Gasteiger partial charge in [0, 0.05) is 72.9 Å². The minimum atomic E-state index is -3.13. The maximum Gasteiger partial charge on any atom is 0.225 e. The maximum absolute atomic E-state index is 11.8. The van der Waals surface area contributed by atoms with Crippen molar-refractivity contribution in [1.82, 2.24) is 29.5 Å². The molecule has 3 N–H and O–H groups in total. The zero-order chi connectivity index (χ0) is 27.4. The molecule has 0 saturated carbocycles. The van der Waals surface area contributed by atoms with Crippen LogP contribution in [0.15, 0.2) is 43.0 Å². The highest BCUT2D eigenvalue weighted by atomic mass is 35.5. The Balaban J connectivity index is 1.15. The van der Waals surface area contributed by atoms with E-state index in [1.807, 2.05) is 12.1 Å².